The average molecular weight is 493 g/mol. The van der Waals surface area contributed by atoms with E-state index in [-0.39, 0.29) is 0 Å². The number of benzene rings is 2. The summed E-state index contributed by atoms with van der Waals surface area (Å²) in [4.78, 5) is 9.37. The SMILES string of the molecule is O=C(Oc1c(F)c(F)c(S(=O)(=O)[O-])c(F)c1F)c1cc(I)ccc1F. The van der Waals surface area contributed by atoms with Crippen LogP contribution in [0.25, 0.3) is 0 Å². The molecule has 0 aromatic heterocycles. The van der Waals surface area contributed by atoms with E-state index in [0.29, 0.717) is 3.57 Å². The van der Waals surface area contributed by atoms with Gasteiger partial charge >= 0.3 is 5.97 Å². The lowest BCUT2D eigenvalue weighted by atomic mass is 10.2. The Hall–Kier alpha value is -1.80. The normalized spacial score (nSPS) is 11.5. The minimum absolute atomic E-state index is 0.331. The average Bonchev–Trinajstić information content (AvgIpc) is 2.50. The van der Waals surface area contributed by atoms with Crippen LogP contribution in [0.1, 0.15) is 10.4 Å². The van der Waals surface area contributed by atoms with E-state index in [1.54, 1.807) is 22.6 Å². The summed E-state index contributed by atoms with van der Waals surface area (Å²) >= 11 is 1.68. The zero-order valence-electron chi connectivity index (χ0n) is 11.4. The van der Waals surface area contributed by atoms with Gasteiger partial charge in [-0.2, -0.15) is 8.78 Å². The molecule has 0 N–H and O–H groups in total. The van der Waals surface area contributed by atoms with Crippen LogP contribution < -0.4 is 4.74 Å². The first-order chi connectivity index (χ1) is 11.4. The molecule has 0 amide bonds. The van der Waals surface area contributed by atoms with Gasteiger partial charge in [-0.15, -0.1) is 0 Å². The van der Waals surface area contributed by atoms with Crippen molar-refractivity contribution >= 4 is 38.7 Å². The van der Waals surface area contributed by atoms with Crippen LogP contribution in [0, 0.1) is 32.7 Å². The number of carbonyl (C=O) groups excluding carboxylic acids is 1. The van der Waals surface area contributed by atoms with Crippen molar-refractivity contribution in [3.8, 4) is 5.75 Å². The molecule has 12 heteroatoms. The number of rotatable bonds is 3. The molecule has 2 aromatic rings. The summed E-state index contributed by atoms with van der Waals surface area (Å²) in [6, 6.07) is 3.01. The second kappa shape index (κ2) is 6.84. The fourth-order valence-corrected chi connectivity index (χ4v) is 2.81. The number of ether oxygens (including phenoxy) is 1. The van der Waals surface area contributed by atoms with Crippen LogP contribution in [0.5, 0.6) is 5.75 Å². The fourth-order valence-electron chi connectivity index (χ4n) is 1.70. The van der Waals surface area contributed by atoms with Crippen molar-refractivity contribution in [2.24, 2.45) is 0 Å². The Kier molecular flexibility index (Phi) is 5.34. The Morgan fingerprint density at radius 2 is 1.52 bits per heavy atom. The van der Waals surface area contributed by atoms with Gasteiger partial charge in [0.15, 0.2) is 11.6 Å². The molecular formula is C13H3F5IO5S-. The number of carbonyl (C=O) groups is 1. The van der Waals surface area contributed by atoms with Crippen LogP contribution in [0.2, 0.25) is 0 Å². The molecule has 5 nitrogen and oxygen atoms in total. The molecule has 2 rings (SSSR count). The van der Waals surface area contributed by atoms with Crippen LogP contribution in [0.4, 0.5) is 22.0 Å². The summed E-state index contributed by atoms with van der Waals surface area (Å²) in [5, 5.41) is 0. The zero-order chi connectivity index (χ0) is 19.1. The topological polar surface area (TPSA) is 83.5 Å². The highest BCUT2D eigenvalue weighted by molar-refractivity contribution is 14.1. The Morgan fingerprint density at radius 1 is 1.00 bits per heavy atom. The third kappa shape index (κ3) is 3.74. The Balaban J connectivity index is 2.58. The molecule has 0 atom stereocenters. The van der Waals surface area contributed by atoms with Gasteiger partial charge in [-0.25, -0.2) is 26.4 Å². The third-order valence-corrected chi connectivity index (χ3v) is 4.31. The predicted molar refractivity (Wildman–Crippen MR) is 78.3 cm³/mol. The van der Waals surface area contributed by atoms with Gasteiger partial charge in [0, 0.05) is 3.57 Å². The Morgan fingerprint density at radius 3 is 2.00 bits per heavy atom. The van der Waals surface area contributed by atoms with Crippen LogP contribution in [-0.2, 0) is 10.1 Å². The summed E-state index contributed by atoms with van der Waals surface area (Å²) < 4.78 is 105. The summed E-state index contributed by atoms with van der Waals surface area (Å²) in [7, 11) is -5.90. The van der Waals surface area contributed by atoms with E-state index in [1.165, 1.54) is 6.07 Å². The maximum atomic E-state index is 13.7. The maximum Gasteiger partial charge on any atom is 0.346 e. The molecule has 0 aliphatic heterocycles. The van der Waals surface area contributed by atoms with Crippen LogP contribution in [-0.4, -0.2) is 18.9 Å². The second-order valence-electron chi connectivity index (χ2n) is 4.38. The molecule has 25 heavy (non-hydrogen) atoms. The number of hydrogen-bond donors (Lipinski definition) is 0. The molecule has 0 saturated carbocycles. The van der Waals surface area contributed by atoms with Gasteiger partial charge in [-0.3, -0.25) is 0 Å². The van der Waals surface area contributed by atoms with Crippen LogP contribution in [0.15, 0.2) is 23.1 Å². The molecule has 0 saturated heterocycles. The molecule has 0 bridgehead atoms. The van der Waals surface area contributed by atoms with Crippen molar-refractivity contribution in [1.82, 2.24) is 0 Å². The van der Waals surface area contributed by atoms with E-state index >= 15 is 0 Å². The predicted octanol–water partition coefficient (Wildman–Crippen LogP) is 3.11. The summed E-state index contributed by atoms with van der Waals surface area (Å²) in [6.07, 6.45) is 0. The van der Waals surface area contributed by atoms with E-state index < -0.39 is 61.4 Å². The second-order valence-corrected chi connectivity index (χ2v) is 6.94. The first kappa shape index (κ1) is 19.5. The van der Waals surface area contributed by atoms with E-state index in [0.717, 1.165) is 12.1 Å². The van der Waals surface area contributed by atoms with Gasteiger partial charge in [0.25, 0.3) is 0 Å². The molecule has 0 unspecified atom stereocenters. The summed E-state index contributed by atoms with van der Waals surface area (Å²) in [5.74, 6) is -14.8. The lowest BCUT2D eigenvalue weighted by molar-refractivity contribution is 0.0711. The highest BCUT2D eigenvalue weighted by Crippen LogP contribution is 2.33. The van der Waals surface area contributed by atoms with E-state index in [4.69, 9.17) is 0 Å². The maximum absolute atomic E-state index is 13.7. The smallest absolute Gasteiger partial charge is 0.346 e. The largest absolute Gasteiger partial charge is 0.744 e. The van der Waals surface area contributed by atoms with Crippen molar-refractivity contribution in [3.05, 3.63) is 56.4 Å². The Labute approximate surface area is 150 Å². The van der Waals surface area contributed by atoms with Gasteiger partial charge in [-0.05, 0) is 40.8 Å². The minimum Gasteiger partial charge on any atom is -0.744 e. The molecule has 0 spiro atoms. The van der Waals surface area contributed by atoms with Gasteiger partial charge < -0.3 is 9.29 Å². The van der Waals surface area contributed by atoms with E-state index in [1.807, 2.05) is 0 Å². The monoisotopic (exact) mass is 493 g/mol. The number of hydrogen-bond acceptors (Lipinski definition) is 5. The number of halogens is 6. The van der Waals surface area contributed by atoms with Gasteiger partial charge in [0.05, 0.1) is 5.56 Å². The van der Waals surface area contributed by atoms with E-state index in [9.17, 15) is 39.7 Å². The van der Waals surface area contributed by atoms with E-state index in [2.05, 4.69) is 4.74 Å². The lowest BCUT2D eigenvalue weighted by Gasteiger charge is -2.14. The first-order valence-electron chi connectivity index (χ1n) is 5.94. The molecular weight excluding hydrogens is 490 g/mol. The highest BCUT2D eigenvalue weighted by atomic mass is 127. The molecule has 0 aliphatic rings. The van der Waals surface area contributed by atoms with Crippen molar-refractivity contribution in [2.75, 3.05) is 0 Å². The zero-order valence-corrected chi connectivity index (χ0v) is 14.4. The number of esters is 1. The van der Waals surface area contributed by atoms with Crippen LogP contribution >= 0.6 is 22.6 Å². The molecule has 0 aliphatic carbocycles. The van der Waals surface area contributed by atoms with Crippen molar-refractivity contribution in [3.63, 3.8) is 0 Å². The lowest BCUT2D eigenvalue weighted by Crippen LogP contribution is -2.17. The molecule has 2 aromatic carbocycles. The molecule has 0 radical (unpaired) electrons. The van der Waals surface area contributed by atoms with Gasteiger partial charge in [0.2, 0.25) is 17.4 Å². The van der Waals surface area contributed by atoms with Gasteiger partial charge in [0.1, 0.15) is 20.8 Å². The summed E-state index contributed by atoms with van der Waals surface area (Å²) in [5.41, 5.74) is -0.799. The Bertz CT molecular complexity index is 964. The minimum atomic E-state index is -5.90. The highest BCUT2D eigenvalue weighted by Gasteiger charge is 2.31. The van der Waals surface area contributed by atoms with Gasteiger partial charge in [-0.1, -0.05) is 0 Å². The van der Waals surface area contributed by atoms with Crippen molar-refractivity contribution in [1.29, 1.82) is 0 Å². The first-order valence-corrected chi connectivity index (χ1v) is 8.43. The molecule has 134 valence electrons. The fraction of sp³-hybridized carbons (Fsp3) is 0. The quantitative estimate of drug-likeness (QED) is 0.164. The standard InChI is InChI=1S/C13H4F5IO5S/c14-6-2-1-4(19)3-5(6)13(20)24-11-7(15)9(17)12(25(21,22)23)10(18)8(11)16/h1-3H,(H,21,22,23)/p-1. The molecule has 0 fully saturated rings. The molecule has 0 heterocycles. The third-order valence-electron chi connectivity index (χ3n) is 2.78. The van der Waals surface area contributed by atoms with Crippen molar-refractivity contribution in [2.45, 2.75) is 4.90 Å². The van der Waals surface area contributed by atoms with Crippen molar-refractivity contribution < 1.29 is 44.5 Å². The summed E-state index contributed by atoms with van der Waals surface area (Å²) in [6.45, 7) is 0. The van der Waals surface area contributed by atoms with Crippen LogP contribution in [0.3, 0.4) is 0 Å².